The summed E-state index contributed by atoms with van der Waals surface area (Å²) in [6.07, 6.45) is 1.46. The second-order valence-corrected chi connectivity index (χ2v) is 6.43. The third-order valence-electron chi connectivity index (χ3n) is 3.88. The minimum atomic E-state index is -0.560. The molecule has 3 aromatic carbocycles. The van der Waals surface area contributed by atoms with Crippen LogP contribution in [0.3, 0.4) is 0 Å². The van der Waals surface area contributed by atoms with Crippen LogP contribution in [0.2, 0.25) is 5.02 Å². The largest absolute Gasteiger partial charge is 0.489 e. The van der Waals surface area contributed by atoms with E-state index in [9.17, 15) is 14.9 Å². The molecule has 29 heavy (non-hydrogen) atoms. The predicted octanol–water partition coefficient (Wildman–Crippen LogP) is 4.59. The number of hydrogen-bond acceptors (Lipinski definition) is 5. The minimum Gasteiger partial charge on any atom is -0.489 e. The number of nitrogens with one attached hydrogen (secondary N) is 1. The number of hydrogen-bond donors (Lipinski definition) is 1. The van der Waals surface area contributed by atoms with Gasteiger partial charge in [-0.15, -0.1) is 0 Å². The molecule has 0 saturated carbocycles. The Bertz CT molecular complexity index is 1050. The van der Waals surface area contributed by atoms with Crippen LogP contribution in [0, 0.1) is 10.1 Å². The summed E-state index contributed by atoms with van der Waals surface area (Å²) in [6.45, 7) is 0.390. The number of nitrogens with zero attached hydrogens (tertiary/aromatic N) is 2. The average Bonchev–Trinajstić information content (AvgIpc) is 2.73. The van der Waals surface area contributed by atoms with E-state index in [-0.39, 0.29) is 11.3 Å². The number of benzene rings is 3. The van der Waals surface area contributed by atoms with Crippen molar-refractivity contribution in [2.75, 3.05) is 0 Å². The van der Waals surface area contributed by atoms with Gasteiger partial charge >= 0.3 is 0 Å². The van der Waals surface area contributed by atoms with E-state index >= 15 is 0 Å². The summed E-state index contributed by atoms with van der Waals surface area (Å²) in [7, 11) is 0. The fraction of sp³-hybridized carbons (Fsp3) is 0.0476. The molecule has 0 bridgehead atoms. The molecule has 8 heteroatoms. The molecule has 0 aliphatic heterocycles. The van der Waals surface area contributed by atoms with Gasteiger partial charge in [0.15, 0.2) is 0 Å². The molecule has 0 saturated heterocycles. The molecule has 0 aromatic heterocycles. The first-order chi connectivity index (χ1) is 14.0. The monoisotopic (exact) mass is 409 g/mol. The number of carbonyl (C=O) groups excluding carboxylic acids is 1. The van der Waals surface area contributed by atoms with Crippen molar-refractivity contribution in [2.45, 2.75) is 6.61 Å². The molecule has 3 aromatic rings. The van der Waals surface area contributed by atoms with Crippen molar-refractivity contribution in [2.24, 2.45) is 5.10 Å². The Morgan fingerprint density at radius 2 is 1.86 bits per heavy atom. The highest BCUT2D eigenvalue weighted by molar-refractivity contribution is 6.30. The maximum atomic E-state index is 12.1. The van der Waals surface area contributed by atoms with Crippen LogP contribution in [0.4, 0.5) is 5.69 Å². The van der Waals surface area contributed by atoms with E-state index in [0.717, 1.165) is 11.1 Å². The average molecular weight is 410 g/mol. The van der Waals surface area contributed by atoms with Crippen molar-refractivity contribution < 1.29 is 14.5 Å². The van der Waals surface area contributed by atoms with E-state index in [2.05, 4.69) is 10.5 Å². The van der Waals surface area contributed by atoms with Crippen LogP contribution < -0.4 is 10.2 Å². The lowest BCUT2D eigenvalue weighted by atomic mass is 10.2. The molecule has 0 unspecified atom stereocenters. The highest BCUT2D eigenvalue weighted by Crippen LogP contribution is 2.16. The van der Waals surface area contributed by atoms with Gasteiger partial charge in [0.25, 0.3) is 11.6 Å². The van der Waals surface area contributed by atoms with Crippen molar-refractivity contribution in [1.29, 1.82) is 0 Å². The minimum absolute atomic E-state index is 0.149. The fourth-order valence-electron chi connectivity index (χ4n) is 2.42. The van der Waals surface area contributed by atoms with E-state index in [0.29, 0.717) is 17.4 Å². The van der Waals surface area contributed by atoms with Gasteiger partial charge in [-0.25, -0.2) is 5.43 Å². The molecule has 1 amide bonds. The zero-order valence-electron chi connectivity index (χ0n) is 15.1. The van der Waals surface area contributed by atoms with Gasteiger partial charge < -0.3 is 4.74 Å². The van der Waals surface area contributed by atoms with Gasteiger partial charge in [0, 0.05) is 22.7 Å². The van der Waals surface area contributed by atoms with Crippen LogP contribution in [0.1, 0.15) is 21.5 Å². The van der Waals surface area contributed by atoms with Crippen molar-refractivity contribution in [3.8, 4) is 5.75 Å². The third kappa shape index (κ3) is 5.88. The van der Waals surface area contributed by atoms with Gasteiger partial charge in [0.05, 0.1) is 11.1 Å². The topological polar surface area (TPSA) is 93.8 Å². The number of ether oxygens (including phenoxy) is 1. The maximum Gasteiger partial charge on any atom is 0.271 e. The fourth-order valence-corrected chi connectivity index (χ4v) is 2.55. The Morgan fingerprint density at radius 1 is 1.10 bits per heavy atom. The summed E-state index contributed by atoms with van der Waals surface area (Å²) >= 11 is 5.87. The number of hydrazone groups is 1. The smallest absolute Gasteiger partial charge is 0.271 e. The molecule has 0 radical (unpaired) electrons. The van der Waals surface area contributed by atoms with Crippen molar-refractivity contribution in [1.82, 2.24) is 5.43 Å². The lowest BCUT2D eigenvalue weighted by Gasteiger charge is -2.07. The van der Waals surface area contributed by atoms with E-state index in [1.54, 1.807) is 30.3 Å². The standard InChI is InChI=1S/C21H16ClN3O4/c22-18-9-7-15(8-10-18)14-29-20-6-1-3-16(11-20)13-23-24-21(26)17-4-2-5-19(12-17)25(27)28/h1-13H,14H2,(H,24,26)/b23-13+. The highest BCUT2D eigenvalue weighted by atomic mass is 35.5. The Morgan fingerprint density at radius 3 is 2.62 bits per heavy atom. The van der Waals surface area contributed by atoms with Gasteiger partial charge in [0.2, 0.25) is 0 Å². The molecule has 146 valence electrons. The maximum absolute atomic E-state index is 12.1. The number of nitro benzene ring substituents is 1. The first-order valence-electron chi connectivity index (χ1n) is 8.56. The van der Waals surface area contributed by atoms with Crippen LogP contribution >= 0.6 is 11.6 Å². The first kappa shape index (κ1) is 20.0. The molecule has 0 fully saturated rings. The molecule has 7 nitrogen and oxygen atoms in total. The van der Waals surface area contributed by atoms with Gasteiger partial charge in [-0.1, -0.05) is 41.9 Å². The summed E-state index contributed by atoms with van der Waals surface area (Å²) in [4.78, 5) is 22.3. The van der Waals surface area contributed by atoms with E-state index in [1.807, 2.05) is 18.2 Å². The summed E-state index contributed by atoms with van der Waals surface area (Å²) in [5.74, 6) is 0.106. The van der Waals surface area contributed by atoms with Crippen LogP contribution in [0.25, 0.3) is 0 Å². The number of carbonyl (C=O) groups is 1. The summed E-state index contributed by atoms with van der Waals surface area (Å²) in [5.41, 5.74) is 4.04. The number of non-ortho nitro benzene ring substituents is 1. The third-order valence-corrected chi connectivity index (χ3v) is 4.13. The van der Waals surface area contributed by atoms with Gasteiger partial charge in [-0.05, 0) is 41.5 Å². The van der Waals surface area contributed by atoms with E-state index in [4.69, 9.17) is 16.3 Å². The Kier molecular flexibility index (Phi) is 6.55. The molecule has 0 aliphatic rings. The normalized spacial score (nSPS) is 10.7. The second-order valence-electron chi connectivity index (χ2n) is 5.99. The van der Waals surface area contributed by atoms with Gasteiger partial charge in [-0.3, -0.25) is 14.9 Å². The number of amides is 1. The van der Waals surface area contributed by atoms with Crippen LogP contribution in [0.15, 0.2) is 77.9 Å². The summed E-state index contributed by atoms with van der Waals surface area (Å²) in [5, 5.41) is 15.4. The zero-order chi connectivity index (χ0) is 20.6. The molecule has 0 heterocycles. The quantitative estimate of drug-likeness (QED) is 0.351. The molecule has 1 N–H and O–H groups in total. The molecular formula is C21H16ClN3O4. The summed E-state index contributed by atoms with van der Waals surface area (Å²) < 4.78 is 5.75. The molecular weight excluding hydrogens is 394 g/mol. The van der Waals surface area contributed by atoms with Crippen LogP contribution in [0.5, 0.6) is 5.75 Å². The van der Waals surface area contributed by atoms with Crippen molar-refractivity contribution in [3.05, 3.63) is 105 Å². The molecule has 3 rings (SSSR count). The Balaban J connectivity index is 1.58. The number of nitro groups is 1. The Hall–Kier alpha value is -3.71. The first-order valence-corrected chi connectivity index (χ1v) is 8.94. The van der Waals surface area contributed by atoms with Crippen molar-refractivity contribution in [3.63, 3.8) is 0 Å². The molecule has 0 atom stereocenters. The number of halogens is 1. The van der Waals surface area contributed by atoms with Gasteiger partial charge in [-0.2, -0.15) is 5.10 Å². The van der Waals surface area contributed by atoms with Crippen LogP contribution in [-0.4, -0.2) is 17.0 Å². The lowest BCUT2D eigenvalue weighted by molar-refractivity contribution is -0.384. The molecule has 0 spiro atoms. The van der Waals surface area contributed by atoms with Crippen molar-refractivity contribution >= 4 is 29.4 Å². The second kappa shape index (κ2) is 9.48. The molecule has 0 aliphatic carbocycles. The van der Waals surface area contributed by atoms with E-state index < -0.39 is 10.8 Å². The Labute approximate surface area is 171 Å². The predicted molar refractivity (Wildman–Crippen MR) is 110 cm³/mol. The number of rotatable bonds is 7. The van der Waals surface area contributed by atoms with Crippen LogP contribution in [-0.2, 0) is 6.61 Å². The highest BCUT2D eigenvalue weighted by Gasteiger charge is 2.10. The zero-order valence-corrected chi connectivity index (χ0v) is 15.9. The lowest BCUT2D eigenvalue weighted by Crippen LogP contribution is -2.17. The van der Waals surface area contributed by atoms with Gasteiger partial charge in [0.1, 0.15) is 12.4 Å². The SMILES string of the molecule is O=C(N/N=C/c1cccc(OCc2ccc(Cl)cc2)c1)c1cccc([N+](=O)[O-])c1. The summed E-state index contributed by atoms with van der Waals surface area (Å²) in [6, 6.07) is 20.0. The van der Waals surface area contributed by atoms with E-state index in [1.165, 1.54) is 30.5 Å².